The summed E-state index contributed by atoms with van der Waals surface area (Å²) in [5, 5.41) is 8.14. The number of hydrogen-bond acceptors (Lipinski definition) is 7. The third-order valence-electron chi connectivity index (χ3n) is 6.30. The van der Waals surface area contributed by atoms with Crippen molar-refractivity contribution in [3.8, 4) is 12.0 Å². The molecule has 0 amide bonds. The molecule has 0 radical (unpaired) electrons. The normalized spacial score (nSPS) is 18.9. The molecule has 2 aliphatic rings. The Morgan fingerprint density at radius 3 is 3.03 bits per heavy atom. The summed E-state index contributed by atoms with van der Waals surface area (Å²) >= 11 is 0. The lowest BCUT2D eigenvalue weighted by molar-refractivity contribution is 0.193. The third kappa shape index (κ3) is 3.84. The number of methoxy groups -OCH3 is 1. The van der Waals surface area contributed by atoms with Gasteiger partial charge in [-0.25, -0.2) is 4.68 Å². The average Bonchev–Trinajstić information content (AvgIpc) is 3.42. The van der Waals surface area contributed by atoms with Gasteiger partial charge in [0, 0.05) is 44.0 Å². The first-order chi connectivity index (χ1) is 15.1. The van der Waals surface area contributed by atoms with Gasteiger partial charge in [0.05, 0.1) is 13.3 Å². The van der Waals surface area contributed by atoms with Crippen molar-refractivity contribution in [1.29, 1.82) is 0 Å². The summed E-state index contributed by atoms with van der Waals surface area (Å²) in [4.78, 5) is 14.8. The second-order valence-electron chi connectivity index (χ2n) is 8.22. The monoisotopic (exact) mass is 417 g/mol. The van der Waals surface area contributed by atoms with Crippen LogP contribution in [0.1, 0.15) is 40.3 Å². The van der Waals surface area contributed by atoms with Gasteiger partial charge in [0.1, 0.15) is 6.33 Å². The minimum Gasteiger partial charge on any atom is -0.467 e. The van der Waals surface area contributed by atoms with E-state index in [1.165, 1.54) is 41.3 Å². The highest BCUT2D eigenvalue weighted by molar-refractivity contribution is 5.72. The molecule has 0 spiro atoms. The second-order valence-corrected chi connectivity index (χ2v) is 8.22. The largest absolute Gasteiger partial charge is 0.467 e. The van der Waals surface area contributed by atoms with E-state index in [1.54, 1.807) is 4.68 Å². The summed E-state index contributed by atoms with van der Waals surface area (Å²) in [5.41, 5.74) is 8.07. The van der Waals surface area contributed by atoms with Gasteiger partial charge < -0.3 is 10.1 Å². The fourth-order valence-electron chi connectivity index (χ4n) is 4.67. The van der Waals surface area contributed by atoms with Crippen LogP contribution in [0.5, 0.6) is 6.01 Å². The molecule has 160 valence electrons. The third-order valence-corrected chi connectivity index (χ3v) is 6.30. The van der Waals surface area contributed by atoms with Crippen molar-refractivity contribution in [2.45, 2.75) is 32.4 Å². The van der Waals surface area contributed by atoms with Gasteiger partial charge in [-0.15, -0.1) is 0 Å². The standard InChI is InChI=1S/C23H27N7O/c1-15-4-5-19-16(2)20(7-6-18(15)19)21-13-29(9-8-24-21)11-17-10-27-30(12-17)22-25-14-26-23(28-22)31-3/h6-7,10,12,14,21,24H,1,4-5,8-9,11,13H2,2-3H3/t21-/m0/s1. The number of ether oxygens (including phenoxy) is 1. The first-order valence-corrected chi connectivity index (χ1v) is 10.7. The van der Waals surface area contributed by atoms with Gasteiger partial charge in [0.2, 0.25) is 0 Å². The van der Waals surface area contributed by atoms with E-state index in [-0.39, 0.29) is 6.01 Å². The molecule has 0 unspecified atom stereocenters. The Balaban J connectivity index is 1.30. The molecule has 31 heavy (non-hydrogen) atoms. The summed E-state index contributed by atoms with van der Waals surface area (Å²) in [6.07, 6.45) is 7.47. The van der Waals surface area contributed by atoms with E-state index >= 15 is 0 Å². The molecule has 0 saturated carbocycles. The number of benzene rings is 1. The van der Waals surface area contributed by atoms with E-state index in [0.29, 0.717) is 12.0 Å². The van der Waals surface area contributed by atoms with Crippen LogP contribution >= 0.6 is 0 Å². The molecule has 1 fully saturated rings. The summed E-state index contributed by atoms with van der Waals surface area (Å²) in [6, 6.07) is 5.16. The SMILES string of the molecule is C=C1CCc2c1ccc([C@@H]1CN(Cc3cnn(-c4ncnc(OC)n4)c3)CCN1)c2C. The molecular weight excluding hydrogens is 390 g/mol. The molecule has 0 bridgehead atoms. The Hall–Kier alpha value is -3.10. The van der Waals surface area contributed by atoms with Crippen LogP contribution in [-0.2, 0) is 13.0 Å². The highest BCUT2D eigenvalue weighted by Gasteiger charge is 2.25. The van der Waals surface area contributed by atoms with Gasteiger partial charge in [-0.05, 0) is 47.6 Å². The molecule has 1 atom stereocenters. The van der Waals surface area contributed by atoms with Crippen molar-refractivity contribution in [2.24, 2.45) is 0 Å². The molecule has 8 heteroatoms. The Kier molecular flexibility index (Phi) is 5.25. The van der Waals surface area contributed by atoms with E-state index in [0.717, 1.165) is 44.6 Å². The molecule has 1 saturated heterocycles. The topological polar surface area (TPSA) is 81.0 Å². The summed E-state index contributed by atoms with van der Waals surface area (Å²) in [5.74, 6) is 0.451. The second kappa shape index (κ2) is 8.20. The van der Waals surface area contributed by atoms with E-state index < -0.39 is 0 Å². The van der Waals surface area contributed by atoms with Crippen molar-refractivity contribution >= 4 is 5.57 Å². The maximum atomic E-state index is 5.08. The van der Waals surface area contributed by atoms with Crippen LogP contribution in [0.3, 0.4) is 0 Å². The highest BCUT2D eigenvalue weighted by Crippen LogP contribution is 2.36. The van der Waals surface area contributed by atoms with Crippen LogP contribution < -0.4 is 10.1 Å². The Bertz CT molecular complexity index is 1120. The van der Waals surface area contributed by atoms with Crippen molar-refractivity contribution in [1.82, 2.24) is 34.9 Å². The van der Waals surface area contributed by atoms with Gasteiger partial charge in [-0.2, -0.15) is 20.1 Å². The van der Waals surface area contributed by atoms with Crippen molar-refractivity contribution < 1.29 is 4.74 Å². The fourth-order valence-corrected chi connectivity index (χ4v) is 4.67. The summed E-state index contributed by atoms with van der Waals surface area (Å²) in [6.45, 7) is 10.2. The number of fused-ring (bicyclic) bond motifs is 1. The van der Waals surface area contributed by atoms with Crippen LogP contribution in [0.4, 0.5) is 0 Å². The summed E-state index contributed by atoms with van der Waals surface area (Å²) in [7, 11) is 1.54. The Morgan fingerprint density at radius 1 is 1.26 bits per heavy atom. The van der Waals surface area contributed by atoms with E-state index in [1.807, 2.05) is 12.4 Å². The van der Waals surface area contributed by atoms with Crippen LogP contribution in [-0.4, -0.2) is 56.4 Å². The molecule has 1 aliphatic heterocycles. The molecular formula is C23H27N7O. The van der Waals surface area contributed by atoms with Crippen LogP contribution in [0.15, 0.2) is 37.4 Å². The lowest BCUT2D eigenvalue weighted by Gasteiger charge is -2.34. The molecule has 8 nitrogen and oxygen atoms in total. The van der Waals surface area contributed by atoms with Crippen LogP contribution in [0.25, 0.3) is 11.5 Å². The zero-order valence-electron chi connectivity index (χ0n) is 18.0. The number of nitrogens with zero attached hydrogens (tertiary/aromatic N) is 6. The first-order valence-electron chi connectivity index (χ1n) is 10.7. The Labute approximate surface area is 182 Å². The van der Waals surface area contributed by atoms with Gasteiger partial charge >= 0.3 is 6.01 Å². The molecule has 3 aromatic rings. The van der Waals surface area contributed by atoms with E-state index in [4.69, 9.17) is 4.74 Å². The van der Waals surface area contributed by atoms with Crippen molar-refractivity contribution in [3.63, 3.8) is 0 Å². The molecule has 2 aromatic heterocycles. The molecule has 1 N–H and O–H groups in total. The molecule has 1 aromatic carbocycles. The quantitative estimate of drug-likeness (QED) is 0.683. The lowest BCUT2D eigenvalue weighted by Crippen LogP contribution is -2.45. The smallest absolute Gasteiger partial charge is 0.320 e. The minimum absolute atomic E-state index is 0.278. The summed E-state index contributed by atoms with van der Waals surface area (Å²) < 4.78 is 6.74. The zero-order chi connectivity index (χ0) is 21.4. The Morgan fingerprint density at radius 2 is 2.16 bits per heavy atom. The number of hydrogen-bond donors (Lipinski definition) is 1. The molecule has 5 rings (SSSR count). The average molecular weight is 418 g/mol. The molecule has 3 heterocycles. The number of rotatable bonds is 5. The van der Waals surface area contributed by atoms with Crippen molar-refractivity contribution in [3.05, 3.63) is 65.2 Å². The number of aromatic nitrogens is 5. The zero-order valence-corrected chi connectivity index (χ0v) is 18.0. The van der Waals surface area contributed by atoms with Crippen LogP contribution in [0.2, 0.25) is 0 Å². The van der Waals surface area contributed by atoms with Gasteiger partial charge in [0.25, 0.3) is 5.95 Å². The van der Waals surface area contributed by atoms with E-state index in [2.05, 4.69) is 55.9 Å². The highest BCUT2D eigenvalue weighted by atomic mass is 16.5. The number of allylic oxidation sites excluding steroid dienone is 1. The maximum absolute atomic E-state index is 5.08. The van der Waals surface area contributed by atoms with Gasteiger partial charge in [0.15, 0.2) is 0 Å². The number of nitrogens with one attached hydrogen (secondary N) is 1. The number of piperazine rings is 1. The van der Waals surface area contributed by atoms with Crippen molar-refractivity contribution in [2.75, 3.05) is 26.7 Å². The maximum Gasteiger partial charge on any atom is 0.320 e. The predicted octanol–water partition coefficient (Wildman–Crippen LogP) is 2.48. The first kappa shape index (κ1) is 19.8. The van der Waals surface area contributed by atoms with Gasteiger partial charge in [-0.3, -0.25) is 4.90 Å². The lowest BCUT2D eigenvalue weighted by atomic mass is 9.92. The van der Waals surface area contributed by atoms with Gasteiger partial charge in [-0.1, -0.05) is 18.7 Å². The minimum atomic E-state index is 0.278. The molecule has 1 aliphatic carbocycles. The fraction of sp³-hybridized carbons (Fsp3) is 0.391. The van der Waals surface area contributed by atoms with E-state index in [9.17, 15) is 0 Å². The predicted molar refractivity (Wildman–Crippen MR) is 118 cm³/mol. The van der Waals surface area contributed by atoms with Crippen LogP contribution in [0, 0.1) is 6.92 Å².